The van der Waals surface area contributed by atoms with Crippen molar-refractivity contribution in [2.45, 2.75) is 13.3 Å². The first kappa shape index (κ1) is 14.4. The Morgan fingerprint density at radius 3 is 2.90 bits per heavy atom. The zero-order valence-electron chi connectivity index (χ0n) is 12.0. The SMILES string of the molecule is COc1ccc(NC(=O)CN2CC=C(C)CC2)c(N)c1. The molecule has 0 unspecified atom stereocenters. The van der Waals surface area contributed by atoms with Crippen LogP contribution in [0.1, 0.15) is 13.3 Å². The number of methoxy groups -OCH3 is 1. The van der Waals surface area contributed by atoms with Crippen LogP contribution >= 0.6 is 0 Å². The molecule has 1 aliphatic rings. The van der Waals surface area contributed by atoms with Gasteiger partial charge in [-0.1, -0.05) is 11.6 Å². The maximum atomic E-state index is 12.0. The normalized spacial score (nSPS) is 15.6. The molecule has 0 atom stereocenters. The Kier molecular flexibility index (Phi) is 4.63. The highest BCUT2D eigenvalue weighted by molar-refractivity contribution is 5.95. The molecule has 5 heteroatoms. The second-order valence-corrected chi connectivity index (χ2v) is 5.04. The van der Waals surface area contributed by atoms with Crippen LogP contribution in [0.3, 0.4) is 0 Å². The number of hydrogen-bond acceptors (Lipinski definition) is 4. The second-order valence-electron chi connectivity index (χ2n) is 5.04. The zero-order chi connectivity index (χ0) is 14.5. The van der Waals surface area contributed by atoms with Crippen LogP contribution in [-0.2, 0) is 4.79 Å². The first-order valence-electron chi connectivity index (χ1n) is 6.70. The third-order valence-electron chi connectivity index (χ3n) is 3.42. The predicted octanol–water partition coefficient (Wildman–Crippen LogP) is 1.87. The van der Waals surface area contributed by atoms with Gasteiger partial charge in [0.05, 0.1) is 25.0 Å². The van der Waals surface area contributed by atoms with E-state index in [-0.39, 0.29) is 5.91 Å². The quantitative estimate of drug-likeness (QED) is 0.650. The molecule has 0 bridgehead atoms. The molecule has 2 rings (SSSR count). The maximum absolute atomic E-state index is 12.0. The van der Waals surface area contributed by atoms with Gasteiger partial charge in [0.15, 0.2) is 0 Å². The van der Waals surface area contributed by atoms with Gasteiger partial charge < -0.3 is 15.8 Å². The van der Waals surface area contributed by atoms with Crippen molar-refractivity contribution in [2.75, 3.05) is 37.8 Å². The Bertz CT molecular complexity index is 526. The molecule has 0 saturated carbocycles. The number of ether oxygens (including phenoxy) is 1. The van der Waals surface area contributed by atoms with Gasteiger partial charge in [0.2, 0.25) is 5.91 Å². The van der Waals surface area contributed by atoms with Crippen LogP contribution in [0, 0.1) is 0 Å². The molecule has 0 spiro atoms. The summed E-state index contributed by atoms with van der Waals surface area (Å²) in [5, 5.41) is 2.84. The summed E-state index contributed by atoms with van der Waals surface area (Å²) >= 11 is 0. The van der Waals surface area contributed by atoms with Crippen molar-refractivity contribution in [3.8, 4) is 5.75 Å². The molecule has 1 heterocycles. The van der Waals surface area contributed by atoms with E-state index in [1.807, 2.05) is 0 Å². The molecule has 20 heavy (non-hydrogen) atoms. The van der Waals surface area contributed by atoms with Gasteiger partial charge in [-0.2, -0.15) is 0 Å². The minimum atomic E-state index is -0.0465. The van der Waals surface area contributed by atoms with E-state index in [0.29, 0.717) is 23.7 Å². The summed E-state index contributed by atoms with van der Waals surface area (Å²) < 4.78 is 5.08. The van der Waals surface area contributed by atoms with Gasteiger partial charge in [-0.3, -0.25) is 9.69 Å². The molecular weight excluding hydrogens is 254 g/mol. The molecule has 0 aliphatic carbocycles. The van der Waals surface area contributed by atoms with Gasteiger partial charge >= 0.3 is 0 Å². The fraction of sp³-hybridized carbons (Fsp3) is 0.400. The second kappa shape index (κ2) is 6.43. The maximum Gasteiger partial charge on any atom is 0.238 e. The monoisotopic (exact) mass is 275 g/mol. The molecule has 1 aromatic rings. The highest BCUT2D eigenvalue weighted by Gasteiger charge is 2.14. The Balaban J connectivity index is 1.91. The Morgan fingerprint density at radius 1 is 1.50 bits per heavy atom. The van der Waals surface area contributed by atoms with Gasteiger partial charge in [0.25, 0.3) is 0 Å². The average Bonchev–Trinajstić information content (AvgIpc) is 2.43. The highest BCUT2D eigenvalue weighted by atomic mass is 16.5. The number of carbonyl (C=O) groups is 1. The number of amides is 1. The molecule has 0 fully saturated rings. The van der Waals surface area contributed by atoms with Crippen LogP contribution in [0.4, 0.5) is 11.4 Å². The van der Waals surface area contributed by atoms with E-state index in [9.17, 15) is 4.79 Å². The third kappa shape index (κ3) is 3.74. The standard InChI is InChI=1S/C15H21N3O2/c1-11-5-7-18(8-6-11)10-15(19)17-14-4-3-12(20-2)9-13(14)16/h3-5,9H,6-8,10,16H2,1-2H3,(H,17,19). The molecule has 1 aromatic carbocycles. The smallest absolute Gasteiger partial charge is 0.238 e. The molecule has 0 aromatic heterocycles. The largest absolute Gasteiger partial charge is 0.497 e. The van der Waals surface area contributed by atoms with Crippen molar-refractivity contribution in [3.63, 3.8) is 0 Å². The number of carbonyl (C=O) groups excluding carboxylic acids is 1. The Morgan fingerprint density at radius 2 is 2.30 bits per heavy atom. The number of benzene rings is 1. The summed E-state index contributed by atoms with van der Waals surface area (Å²) in [7, 11) is 1.58. The van der Waals surface area contributed by atoms with Gasteiger partial charge in [-0.25, -0.2) is 0 Å². The molecule has 108 valence electrons. The van der Waals surface area contributed by atoms with Gasteiger partial charge in [-0.05, 0) is 25.5 Å². The topological polar surface area (TPSA) is 67.6 Å². The average molecular weight is 275 g/mol. The Labute approximate surface area is 119 Å². The molecular formula is C15H21N3O2. The lowest BCUT2D eigenvalue weighted by atomic mass is 10.1. The number of nitrogen functional groups attached to an aromatic ring is 1. The molecule has 3 N–H and O–H groups in total. The number of nitrogens with one attached hydrogen (secondary N) is 1. The Hall–Kier alpha value is -2.01. The van der Waals surface area contributed by atoms with Gasteiger partial charge in [-0.15, -0.1) is 0 Å². The van der Waals surface area contributed by atoms with Crippen LogP contribution in [0.25, 0.3) is 0 Å². The van der Waals surface area contributed by atoms with Crippen molar-refractivity contribution in [3.05, 3.63) is 29.8 Å². The van der Waals surface area contributed by atoms with Crippen LogP contribution in [0.2, 0.25) is 0 Å². The number of rotatable bonds is 4. The van der Waals surface area contributed by atoms with E-state index < -0.39 is 0 Å². The van der Waals surface area contributed by atoms with Crippen molar-refractivity contribution in [2.24, 2.45) is 0 Å². The molecule has 5 nitrogen and oxygen atoms in total. The van der Waals surface area contributed by atoms with E-state index in [1.165, 1.54) is 5.57 Å². The van der Waals surface area contributed by atoms with Crippen LogP contribution in [-0.4, -0.2) is 37.6 Å². The summed E-state index contributed by atoms with van der Waals surface area (Å²) in [6.45, 7) is 4.26. The first-order valence-corrected chi connectivity index (χ1v) is 6.70. The van der Waals surface area contributed by atoms with Crippen LogP contribution in [0.15, 0.2) is 29.8 Å². The zero-order valence-corrected chi connectivity index (χ0v) is 12.0. The minimum absolute atomic E-state index is 0.0465. The van der Waals surface area contributed by atoms with Crippen molar-refractivity contribution in [1.29, 1.82) is 0 Å². The van der Waals surface area contributed by atoms with Crippen molar-refractivity contribution in [1.82, 2.24) is 4.90 Å². The van der Waals surface area contributed by atoms with Crippen molar-refractivity contribution >= 4 is 17.3 Å². The van der Waals surface area contributed by atoms with E-state index in [4.69, 9.17) is 10.5 Å². The molecule has 1 aliphatic heterocycles. The summed E-state index contributed by atoms with van der Waals surface area (Å²) in [4.78, 5) is 14.1. The van der Waals surface area contributed by atoms with E-state index >= 15 is 0 Å². The lowest BCUT2D eigenvalue weighted by molar-refractivity contribution is -0.117. The summed E-state index contributed by atoms with van der Waals surface area (Å²) in [6.07, 6.45) is 3.19. The number of nitrogens with two attached hydrogens (primary N) is 1. The minimum Gasteiger partial charge on any atom is -0.497 e. The fourth-order valence-corrected chi connectivity index (χ4v) is 2.13. The lowest BCUT2D eigenvalue weighted by Crippen LogP contribution is -2.36. The number of nitrogens with zero attached hydrogens (tertiary/aromatic N) is 1. The fourth-order valence-electron chi connectivity index (χ4n) is 2.13. The van der Waals surface area contributed by atoms with Crippen LogP contribution in [0.5, 0.6) is 5.75 Å². The predicted molar refractivity (Wildman–Crippen MR) is 80.9 cm³/mol. The van der Waals surface area contributed by atoms with E-state index in [0.717, 1.165) is 19.5 Å². The van der Waals surface area contributed by atoms with E-state index in [1.54, 1.807) is 25.3 Å². The summed E-state index contributed by atoms with van der Waals surface area (Å²) in [6, 6.07) is 5.23. The van der Waals surface area contributed by atoms with Crippen LogP contribution < -0.4 is 15.8 Å². The highest BCUT2D eigenvalue weighted by Crippen LogP contribution is 2.24. The molecule has 1 amide bonds. The lowest BCUT2D eigenvalue weighted by Gasteiger charge is -2.24. The number of anilines is 2. The van der Waals surface area contributed by atoms with Gasteiger partial charge in [0.1, 0.15) is 5.75 Å². The summed E-state index contributed by atoms with van der Waals surface area (Å²) in [5.41, 5.74) is 8.40. The summed E-state index contributed by atoms with van der Waals surface area (Å²) in [5.74, 6) is 0.631. The molecule has 0 saturated heterocycles. The van der Waals surface area contributed by atoms with Gasteiger partial charge in [0, 0.05) is 19.2 Å². The first-order chi connectivity index (χ1) is 9.58. The third-order valence-corrected chi connectivity index (χ3v) is 3.42. The number of hydrogen-bond donors (Lipinski definition) is 2. The van der Waals surface area contributed by atoms with E-state index in [2.05, 4.69) is 23.2 Å². The van der Waals surface area contributed by atoms with Crippen molar-refractivity contribution < 1.29 is 9.53 Å². The molecule has 0 radical (unpaired) electrons.